The van der Waals surface area contributed by atoms with Crippen molar-refractivity contribution in [1.82, 2.24) is 0 Å². The number of carbonyl (C=O) groups is 2. The highest BCUT2D eigenvalue weighted by atomic mass is 79.9. The summed E-state index contributed by atoms with van der Waals surface area (Å²) in [6, 6.07) is 6.75. The Morgan fingerprint density at radius 1 is 1.35 bits per heavy atom. The van der Waals surface area contributed by atoms with Crippen molar-refractivity contribution in [1.29, 1.82) is 0 Å². The Bertz CT molecular complexity index is 829. The second-order valence-electron chi connectivity index (χ2n) is 4.74. The SMILES string of the molecule is O=C1COc2cc(NC(=O)c3ccc(F)cc3Br)c(Cl)cc2N1. The van der Waals surface area contributed by atoms with Gasteiger partial charge in [0.05, 0.1) is 22.0 Å². The summed E-state index contributed by atoms with van der Waals surface area (Å²) in [5, 5.41) is 5.49. The predicted molar refractivity (Wildman–Crippen MR) is 87.6 cm³/mol. The maximum atomic E-state index is 13.1. The van der Waals surface area contributed by atoms with Gasteiger partial charge in [0, 0.05) is 10.5 Å². The van der Waals surface area contributed by atoms with E-state index in [1.165, 1.54) is 30.3 Å². The standard InChI is InChI=1S/C15H9BrClFN2O3/c16-9-3-7(18)1-2-8(9)15(22)20-11-5-13-12(4-10(11)17)19-14(21)6-23-13/h1-5H,6H2,(H,19,21)(H,20,22). The molecule has 0 bridgehead atoms. The van der Waals surface area contributed by atoms with E-state index in [2.05, 4.69) is 26.6 Å². The molecule has 2 aromatic rings. The topological polar surface area (TPSA) is 67.4 Å². The molecule has 2 aromatic carbocycles. The quantitative estimate of drug-likeness (QED) is 0.807. The first-order valence-corrected chi connectivity index (χ1v) is 7.64. The highest BCUT2D eigenvalue weighted by Gasteiger charge is 2.20. The largest absolute Gasteiger partial charge is 0.482 e. The highest BCUT2D eigenvalue weighted by Crippen LogP contribution is 2.36. The molecule has 23 heavy (non-hydrogen) atoms. The Labute approximate surface area is 143 Å². The molecule has 0 saturated heterocycles. The third kappa shape index (κ3) is 3.30. The second kappa shape index (κ2) is 6.17. The lowest BCUT2D eigenvalue weighted by Crippen LogP contribution is -2.25. The Hall–Kier alpha value is -2.12. The van der Waals surface area contributed by atoms with E-state index in [9.17, 15) is 14.0 Å². The van der Waals surface area contributed by atoms with Crippen molar-refractivity contribution < 1.29 is 18.7 Å². The molecule has 0 fully saturated rings. The molecule has 0 spiro atoms. The first-order valence-electron chi connectivity index (χ1n) is 6.46. The van der Waals surface area contributed by atoms with E-state index in [4.69, 9.17) is 16.3 Å². The zero-order valence-corrected chi connectivity index (χ0v) is 13.8. The van der Waals surface area contributed by atoms with Crippen LogP contribution in [0.15, 0.2) is 34.8 Å². The van der Waals surface area contributed by atoms with Crippen LogP contribution in [0.2, 0.25) is 5.02 Å². The van der Waals surface area contributed by atoms with E-state index in [1.54, 1.807) is 0 Å². The van der Waals surface area contributed by atoms with E-state index >= 15 is 0 Å². The average Bonchev–Trinajstić information content (AvgIpc) is 2.48. The van der Waals surface area contributed by atoms with Gasteiger partial charge in [-0.25, -0.2) is 4.39 Å². The molecule has 0 saturated carbocycles. The number of amides is 2. The van der Waals surface area contributed by atoms with Gasteiger partial charge >= 0.3 is 0 Å². The number of anilines is 2. The van der Waals surface area contributed by atoms with Gasteiger partial charge in [0.1, 0.15) is 11.6 Å². The minimum atomic E-state index is -0.460. The van der Waals surface area contributed by atoms with E-state index in [1.807, 2.05) is 0 Å². The number of hydrogen-bond acceptors (Lipinski definition) is 3. The lowest BCUT2D eigenvalue weighted by Gasteiger charge is -2.19. The summed E-state index contributed by atoms with van der Waals surface area (Å²) in [7, 11) is 0. The van der Waals surface area contributed by atoms with Crippen LogP contribution in [0.1, 0.15) is 10.4 Å². The second-order valence-corrected chi connectivity index (χ2v) is 6.00. The fourth-order valence-electron chi connectivity index (χ4n) is 2.06. The number of rotatable bonds is 2. The van der Waals surface area contributed by atoms with E-state index in [-0.39, 0.29) is 23.1 Å². The lowest BCUT2D eigenvalue weighted by atomic mass is 10.2. The molecule has 118 valence electrons. The van der Waals surface area contributed by atoms with Crippen molar-refractivity contribution in [2.45, 2.75) is 0 Å². The van der Waals surface area contributed by atoms with Crippen molar-refractivity contribution in [2.24, 2.45) is 0 Å². The van der Waals surface area contributed by atoms with Crippen LogP contribution in [0, 0.1) is 5.82 Å². The van der Waals surface area contributed by atoms with Crippen LogP contribution >= 0.6 is 27.5 Å². The molecule has 3 rings (SSSR count). The van der Waals surface area contributed by atoms with Gasteiger partial charge in [-0.2, -0.15) is 0 Å². The van der Waals surface area contributed by atoms with Gasteiger partial charge in [-0.05, 0) is 40.2 Å². The molecular weight excluding hydrogens is 391 g/mol. The fourth-order valence-corrected chi connectivity index (χ4v) is 2.80. The van der Waals surface area contributed by atoms with Crippen LogP contribution in [0.3, 0.4) is 0 Å². The summed E-state index contributed by atoms with van der Waals surface area (Å²) < 4.78 is 18.7. The average molecular weight is 400 g/mol. The molecule has 2 N–H and O–H groups in total. The highest BCUT2D eigenvalue weighted by molar-refractivity contribution is 9.10. The molecule has 0 radical (unpaired) electrons. The van der Waals surface area contributed by atoms with Crippen LogP contribution in [0.4, 0.5) is 15.8 Å². The molecule has 1 heterocycles. The van der Waals surface area contributed by atoms with E-state index in [0.29, 0.717) is 21.6 Å². The molecule has 5 nitrogen and oxygen atoms in total. The maximum Gasteiger partial charge on any atom is 0.262 e. The van der Waals surface area contributed by atoms with Crippen molar-refractivity contribution in [2.75, 3.05) is 17.2 Å². The Kier molecular flexibility index (Phi) is 4.23. The van der Waals surface area contributed by atoms with Crippen LogP contribution in [0.25, 0.3) is 0 Å². The Balaban J connectivity index is 1.88. The van der Waals surface area contributed by atoms with Crippen molar-refractivity contribution >= 4 is 50.7 Å². The number of halogens is 3. The molecule has 2 amide bonds. The minimum absolute atomic E-state index is 0.106. The maximum absolute atomic E-state index is 13.1. The zero-order chi connectivity index (χ0) is 16.6. The van der Waals surface area contributed by atoms with Gasteiger partial charge in [0.2, 0.25) is 0 Å². The first-order chi connectivity index (χ1) is 10.9. The van der Waals surface area contributed by atoms with Crippen molar-refractivity contribution in [3.63, 3.8) is 0 Å². The summed E-state index contributed by atoms with van der Waals surface area (Å²) in [6.07, 6.45) is 0. The van der Waals surface area contributed by atoms with Gasteiger partial charge in [0.25, 0.3) is 11.8 Å². The summed E-state index contributed by atoms with van der Waals surface area (Å²) in [4.78, 5) is 23.6. The third-order valence-corrected chi connectivity index (χ3v) is 4.09. The summed E-state index contributed by atoms with van der Waals surface area (Å²) in [5.74, 6) is -0.786. The predicted octanol–water partition coefficient (Wildman–Crippen LogP) is 3.82. The van der Waals surface area contributed by atoms with Crippen LogP contribution in [-0.4, -0.2) is 18.4 Å². The molecule has 1 aliphatic heterocycles. The molecule has 1 aliphatic rings. The summed E-state index contributed by atoms with van der Waals surface area (Å²) >= 11 is 9.25. The molecule has 0 aromatic heterocycles. The van der Waals surface area contributed by atoms with E-state index < -0.39 is 11.7 Å². The number of hydrogen-bond donors (Lipinski definition) is 2. The molecule has 0 unspecified atom stereocenters. The number of carbonyl (C=O) groups excluding carboxylic acids is 2. The van der Waals surface area contributed by atoms with Crippen molar-refractivity contribution in [3.8, 4) is 5.75 Å². The van der Waals surface area contributed by atoms with Gasteiger partial charge in [-0.1, -0.05) is 11.6 Å². The van der Waals surface area contributed by atoms with Gasteiger partial charge < -0.3 is 15.4 Å². The number of fused-ring (bicyclic) bond motifs is 1. The normalized spacial score (nSPS) is 12.9. The van der Waals surface area contributed by atoms with Crippen LogP contribution in [-0.2, 0) is 4.79 Å². The number of benzene rings is 2. The number of ether oxygens (including phenoxy) is 1. The first kappa shape index (κ1) is 15.8. The zero-order valence-electron chi connectivity index (χ0n) is 11.5. The number of nitrogens with one attached hydrogen (secondary N) is 2. The third-order valence-electron chi connectivity index (χ3n) is 3.13. The molecule has 0 atom stereocenters. The Morgan fingerprint density at radius 2 is 2.13 bits per heavy atom. The molecule has 0 aliphatic carbocycles. The molecular formula is C15H9BrClFN2O3. The van der Waals surface area contributed by atoms with E-state index in [0.717, 1.165) is 0 Å². The minimum Gasteiger partial charge on any atom is -0.482 e. The van der Waals surface area contributed by atoms with Gasteiger partial charge in [0.15, 0.2) is 6.61 Å². The summed E-state index contributed by atoms with van der Waals surface area (Å²) in [6.45, 7) is -0.106. The monoisotopic (exact) mass is 398 g/mol. The van der Waals surface area contributed by atoms with Crippen molar-refractivity contribution in [3.05, 3.63) is 51.2 Å². The van der Waals surface area contributed by atoms with Gasteiger partial charge in [-0.3, -0.25) is 9.59 Å². The molecule has 8 heteroatoms. The Morgan fingerprint density at radius 3 is 2.87 bits per heavy atom. The van der Waals surface area contributed by atoms with Crippen LogP contribution in [0.5, 0.6) is 5.75 Å². The van der Waals surface area contributed by atoms with Crippen LogP contribution < -0.4 is 15.4 Å². The lowest BCUT2D eigenvalue weighted by molar-refractivity contribution is -0.118. The smallest absolute Gasteiger partial charge is 0.262 e. The summed E-state index contributed by atoms with van der Waals surface area (Å²) in [5.41, 5.74) is 1.02. The van der Waals surface area contributed by atoms with Gasteiger partial charge in [-0.15, -0.1) is 0 Å². The fraction of sp³-hybridized carbons (Fsp3) is 0.0667.